The Morgan fingerprint density at radius 1 is 0.775 bits per heavy atom. The quantitative estimate of drug-likeness (QED) is 0.293. The highest BCUT2D eigenvalue weighted by molar-refractivity contribution is 5.69. The maximum absolute atomic E-state index is 12.7. The van der Waals surface area contributed by atoms with E-state index < -0.39 is 5.60 Å². The molecule has 1 saturated carbocycles. The van der Waals surface area contributed by atoms with Crippen LogP contribution in [0.1, 0.15) is 84.3 Å². The number of carbonyl (C=O) groups excluding carboxylic acids is 1. The first-order valence-corrected chi connectivity index (χ1v) is 15.2. The average Bonchev–Trinajstić information content (AvgIpc) is 2.91. The zero-order valence-electron chi connectivity index (χ0n) is 25.3. The summed E-state index contributed by atoms with van der Waals surface area (Å²) in [6.45, 7) is 13.1. The largest absolute Gasteiger partial charge is 0.444 e. The second-order valence-corrected chi connectivity index (χ2v) is 12.7. The van der Waals surface area contributed by atoms with Crippen LogP contribution in [0.4, 0.5) is 4.79 Å². The van der Waals surface area contributed by atoms with Crippen LogP contribution >= 0.6 is 0 Å². The van der Waals surface area contributed by atoms with Gasteiger partial charge in [0.25, 0.3) is 0 Å². The summed E-state index contributed by atoms with van der Waals surface area (Å²) in [6, 6.07) is 22.4. The lowest BCUT2D eigenvalue weighted by Gasteiger charge is -2.42. The summed E-state index contributed by atoms with van der Waals surface area (Å²) in [6.07, 6.45) is 6.37. The number of amides is 1. The van der Waals surface area contributed by atoms with Crippen LogP contribution in [0.15, 0.2) is 60.7 Å². The Kier molecular flexibility index (Phi) is 11.1. The van der Waals surface area contributed by atoms with Crippen molar-refractivity contribution in [2.45, 2.75) is 122 Å². The van der Waals surface area contributed by atoms with Crippen molar-refractivity contribution >= 4 is 6.09 Å². The van der Waals surface area contributed by atoms with Gasteiger partial charge in [0.2, 0.25) is 0 Å². The fourth-order valence-electron chi connectivity index (χ4n) is 6.29. The Balaban J connectivity index is 1.18. The predicted molar refractivity (Wildman–Crippen MR) is 160 cm³/mol. The molecule has 0 spiro atoms. The fraction of sp³-hybridized carbons (Fsp3) is 0.618. The lowest BCUT2D eigenvalue weighted by molar-refractivity contribution is -0.0713. The zero-order valence-corrected chi connectivity index (χ0v) is 25.3. The lowest BCUT2D eigenvalue weighted by atomic mass is 9.91. The normalized spacial score (nSPS) is 25.6. The van der Waals surface area contributed by atoms with E-state index in [9.17, 15) is 4.79 Å². The van der Waals surface area contributed by atoms with Crippen LogP contribution < -0.4 is 0 Å². The lowest BCUT2D eigenvalue weighted by Crippen LogP contribution is -2.53. The van der Waals surface area contributed by atoms with Crippen LogP contribution in [-0.2, 0) is 27.3 Å². The van der Waals surface area contributed by atoms with Gasteiger partial charge >= 0.3 is 6.09 Å². The summed E-state index contributed by atoms with van der Waals surface area (Å²) >= 11 is 0. The van der Waals surface area contributed by atoms with Gasteiger partial charge in [0, 0.05) is 31.2 Å². The summed E-state index contributed by atoms with van der Waals surface area (Å²) in [5.74, 6) is 0. The maximum atomic E-state index is 12.7. The summed E-state index contributed by atoms with van der Waals surface area (Å²) in [4.78, 5) is 17.2. The molecule has 0 bridgehead atoms. The minimum Gasteiger partial charge on any atom is -0.444 e. The molecule has 40 heavy (non-hydrogen) atoms. The van der Waals surface area contributed by atoms with Crippen LogP contribution in [0.5, 0.6) is 0 Å². The second-order valence-electron chi connectivity index (χ2n) is 12.7. The molecular weight excluding hydrogens is 500 g/mol. The van der Waals surface area contributed by atoms with Crippen LogP contribution in [-0.4, -0.2) is 65.0 Å². The monoisotopic (exact) mass is 550 g/mol. The van der Waals surface area contributed by atoms with Crippen molar-refractivity contribution in [3.63, 3.8) is 0 Å². The molecule has 1 saturated heterocycles. The second kappa shape index (κ2) is 14.5. The maximum Gasteiger partial charge on any atom is 0.410 e. The van der Waals surface area contributed by atoms with Crippen LogP contribution in [0, 0.1) is 0 Å². The molecule has 6 nitrogen and oxygen atoms in total. The molecule has 2 fully saturated rings. The first kappa shape index (κ1) is 30.5. The first-order chi connectivity index (χ1) is 19.2. The van der Waals surface area contributed by atoms with Crippen molar-refractivity contribution < 1.29 is 19.0 Å². The van der Waals surface area contributed by atoms with E-state index >= 15 is 0 Å². The Hall–Kier alpha value is -2.41. The smallest absolute Gasteiger partial charge is 0.410 e. The van der Waals surface area contributed by atoms with Crippen molar-refractivity contribution in [1.29, 1.82) is 0 Å². The van der Waals surface area contributed by atoms with Gasteiger partial charge in [0.15, 0.2) is 0 Å². The average molecular weight is 551 g/mol. The van der Waals surface area contributed by atoms with Crippen LogP contribution in [0.2, 0.25) is 0 Å². The van der Waals surface area contributed by atoms with Crippen LogP contribution in [0.3, 0.4) is 0 Å². The molecule has 4 rings (SSSR count). The molecule has 1 heterocycles. The molecule has 0 aromatic heterocycles. The van der Waals surface area contributed by atoms with Crippen molar-refractivity contribution in [3.8, 4) is 0 Å². The summed E-state index contributed by atoms with van der Waals surface area (Å²) in [5.41, 5.74) is 2.26. The molecule has 1 aliphatic carbocycles. The number of nitrogens with zero attached hydrogens (tertiary/aromatic N) is 2. The number of hydrogen-bond donors (Lipinski definition) is 0. The zero-order chi connectivity index (χ0) is 28.5. The minimum absolute atomic E-state index is 0.0921. The molecule has 2 aromatic carbocycles. The molecule has 1 unspecified atom stereocenters. The van der Waals surface area contributed by atoms with E-state index in [-0.39, 0.29) is 24.3 Å². The van der Waals surface area contributed by atoms with E-state index in [1.165, 1.54) is 11.1 Å². The molecule has 1 amide bonds. The summed E-state index contributed by atoms with van der Waals surface area (Å²) < 4.78 is 18.1. The van der Waals surface area contributed by atoms with Crippen molar-refractivity contribution in [2.24, 2.45) is 0 Å². The van der Waals surface area contributed by atoms with Crippen molar-refractivity contribution in [3.05, 3.63) is 71.8 Å². The molecule has 0 N–H and O–H groups in total. The van der Waals surface area contributed by atoms with E-state index in [1.54, 1.807) is 0 Å². The Morgan fingerprint density at radius 3 is 1.73 bits per heavy atom. The Labute approximate surface area is 242 Å². The van der Waals surface area contributed by atoms with Gasteiger partial charge in [-0.1, -0.05) is 60.7 Å². The third-order valence-corrected chi connectivity index (χ3v) is 8.17. The van der Waals surface area contributed by atoms with Gasteiger partial charge in [-0.3, -0.25) is 4.90 Å². The van der Waals surface area contributed by atoms with Crippen molar-refractivity contribution in [2.75, 3.05) is 13.2 Å². The van der Waals surface area contributed by atoms with E-state index in [0.29, 0.717) is 25.4 Å². The highest BCUT2D eigenvalue weighted by atomic mass is 16.6. The van der Waals surface area contributed by atoms with E-state index in [2.05, 4.69) is 79.4 Å². The van der Waals surface area contributed by atoms with E-state index in [0.717, 1.165) is 51.6 Å². The number of benzene rings is 2. The number of likely N-dealkylation sites (tertiary alicyclic amines) is 1. The number of hydrogen-bond acceptors (Lipinski definition) is 5. The van der Waals surface area contributed by atoms with E-state index in [1.807, 2.05) is 25.7 Å². The molecule has 2 aromatic rings. The Bertz CT molecular complexity index is 964. The third kappa shape index (κ3) is 9.32. The standard InChI is InChI=1S/C34H50N2O4/c1-26-22-32(23-27(2)36(26)33(37)40-34(3,4)5)39-21-20-38-31-18-16-30(17-19-31)35(24-28-12-8-6-9-13-28)25-29-14-10-7-11-15-29/h6-15,26-27,30-32H,16-25H2,1-5H3/t26-,27+,30-,31-,32?. The molecule has 2 aliphatic rings. The minimum atomic E-state index is -0.484. The summed E-state index contributed by atoms with van der Waals surface area (Å²) in [5, 5.41) is 0. The van der Waals surface area contributed by atoms with Gasteiger partial charge in [0.1, 0.15) is 5.60 Å². The summed E-state index contributed by atoms with van der Waals surface area (Å²) in [7, 11) is 0. The number of carbonyl (C=O) groups is 1. The molecular formula is C34H50N2O4. The molecule has 1 aliphatic heterocycles. The first-order valence-electron chi connectivity index (χ1n) is 15.2. The third-order valence-electron chi connectivity index (χ3n) is 8.17. The topological polar surface area (TPSA) is 51.2 Å². The number of piperidine rings is 1. The van der Waals surface area contributed by atoms with E-state index in [4.69, 9.17) is 14.2 Å². The van der Waals surface area contributed by atoms with Crippen LogP contribution in [0.25, 0.3) is 0 Å². The molecule has 6 heteroatoms. The molecule has 3 atom stereocenters. The molecule has 0 radical (unpaired) electrons. The van der Waals surface area contributed by atoms with Gasteiger partial charge in [-0.2, -0.15) is 0 Å². The SMILES string of the molecule is C[C@@H]1CC(OCCO[C@H]2CC[C@H](N(Cc3ccccc3)Cc3ccccc3)CC2)C[C@H](C)N1C(=O)OC(C)(C)C. The van der Waals surface area contributed by atoms with Gasteiger partial charge in [-0.15, -0.1) is 0 Å². The number of ether oxygens (including phenoxy) is 3. The van der Waals surface area contributed by atoms with Gasteiger partial charge in [-0.25, -0.2) is 4.79 Å². The molecule has 220 valence electrons. The van der Waals surface area contributed by atoms with Gasteiger partial charge < -0.3 is 19.1 Å². The Morgan fingerprint density at radius 2 is 1.25 bits per heavy atom. The highest BCUT2D eigenvalue weighted by Gasteiger charge is 2.37. The van der Waals surface area contributed by atoms with Crippen molar-refractivity contribution in [1.82, 2.24) is 9.80 Å². The van der Waals surface area contributed by atoms with Gasteiger partial charge in [-0.05, 0) is 84.3 Å². The fourth-order valence-corrected chi connectivity index (χ4v) is 6.29. The highest BCUT2D eigenvalue weighted by Crippen LogP contribution is 2.29. The predicted octanol–water partition coefficient (Wildman–Crippen LogP) is 7.21. The number of rotatable bonds is 10. The van der Waals surface area contributed by atoms with Gasteiger partial charge in [0.05, 0.1) is 25.4 Å².